The standard InChI is InChI=1S/C21H20FN3O3/c1-2-27-18-9-4-8-17(13-18)25-21(26)24-14-15-6-5-11-23-20(15)28-19-10-3-7-16(22)12-19/h3-13H,2,14H2,1H3,(H2,24,25,26). The van der Waals surface area contributed by atoms with Crippen molar-refractivity contribution >= 4 is 11.7 Å². The summed E-state index contributed by atoms with van der Waals surface area (Å²) in [5, 5.41) is 5.50. The number of anilines is 1. The Labute approximate surface area is 162 Å². The van der Waals surface area contributed by atoms with Gasteiger partial charge in [0, 0.05) is 36.1 Å². The summed E-state index contributed by atoms with van der Waals surface area (Å²) >= 11 is 0. The molecule has 0 atom stereocenters. The van der Waals surface area contributed by atoms with Crippen LogP contribution in [0.4, 0.5) is 14.9 Å². The van der Waals surface area contributed by atoms with E-state index in [0.29, 0.717) is 35.2 Å². The largest absolute Gasteiger partial charge is 0.494 e. The lowest BCUT2D eigenvalue weighted by Gasteiger charge is -2.12. The van der Waals surface area contributed by atoms with Crippen molar-refractivity contribution in [1.82, 2.24) is 10.3 Å². The van der Waals surface area contributed by atoms with Gasteiger partial charge in [-0.3, -0.25) is 0 Å². The van der Waals surface area contributed by atoms with Crippen molar-refractivity contribution < 1.29 is 18.7 Å². The molecule has 3 aromatic rings. The van der Waals surface area contributed by atoms with Crippen LogP contribution in [0.2, 0.25) is 0 Å². The monoisotopic (exact) mass is 381 g/mol. The Kier molecular flexibility index (Phi) is 6.41. The first-order valence-corrected chi connectivity index (χ1v) is 8.79. The van der Waals surface area contributed by atoms with E-state index in [0.717, 1.165) is 0 Å². The fraction of sp³-hybridized carbons (Fsp3) is 0.143. The molecule has 3 rings (SSSR count). The smallest absolute Gasteiger partial charge is 0.319 e. The lowest BCUT2D eigenvalue weighted by molar-refractivity contribution is 0.251. The number of rotatable bonds is 7. The number of hydrogen-bond donors (Lipinski definition) is 2. The number of benzene rings is 2. The van der Waals surface area contributed by atoms with Gasteiger partial charge in [-0.05, 0) is 37.3 Å². The minimum atomic E-state index is -0.401. The number of aromatic nitrogens is 1. The van der Waals surface area contributed by atoms with E-state index in [1.807, 2.05) is 13.0 Å². The first-order valence-electron chi connectivity index (χ1n) is 8.79. The lowest BCUT2D eigenvalue weighted by atomic mass is 10.2. The van der Waals surface area contributed by atoms with E-state index in [4.69, 9.17) is 9.47 Å². The summed E-state index contributed by atoms with van der Waals surface area (Å²) in [6.07, 6.45) is 1.57. The van der Waals surface area contributed by atoms with E-state index < -0.39 is 5.82 Å². The molecule has 0 saturated carbocycles. The summed E-state index contributed by atoms with van der Waals surface area (Å²) in [4.78, 5) is 16.4. The van der Waals surface area contributed by atoms with Crippen LogP contribution in [0.15, 0.2) is 66.9 Å². The normalized spacial score (nSPS) is 10.2. The molecular weight excluding hydrogens is 361 g/mol. The van der Waals surface area contributed by atoms with Crippen LogP contribution in [-0.2, 0) is 6.54 Å². The van der Waals surface area contributed by atoms with Crippen LogP contribution in [0.3, 0.4) is 0 Å². The molecule has 2 amide bonds. The van der Waals surface area contributed by atoms with E-state index in [1.54, 1.807) is 48.7 Å². The van der Waals surface area contributed by atoms with Crippen LogP contribution < -0.4 is 20.1 Å². The molecule has 7 heteroatoms. The number of nitrogens with zero attached hydrogens (tertiary/aromatic N) is 1. The van der Waals surface area contributed by atoms with Gasteiger partial charge in [-0.25, -0.2) is 14.2 Å². The Morgan fingerprint density at radius 1 is 1.07 bits per heavy atom. The van der Waals surface area contributed by atoms with Crippen LogP contribution in [0, 0.1) is 5.82 Å². The van der Waals surface area contributed by atoms with E-state index >= 15 is 0 Å². The molecule has 0 unspecified atom stereocenters. The van der Waals surface area contributed by atoms with Crippen molar-refractivity contribution in [2.75, 3.05) is 11.9 Å². The van der Waals surface area contributed by atoms with Crippen LogP contribution in [0.1, 0.15) is 12.5 Å². The van der Waals surface area contributed by atoms with Crippen molar-refractivity contribution in [1.29, 1.82) is 0 Å². The summed E-state index contributed by atoms with van der Waals surface area (Å²) in [5.41, 5.74) is 1.27. The minimum Gasteiger partial charge on any atom is -0.494 e. The second kappa shape index (κ2) is 9.36. The molecule has 2 aromatic carbocycles. The number of halogens is 1. The summed E-state index contributed by atoms with van der Waals surface area (Å²) in [5.74, 6) is 0.906. The molecule has 1 heterocycles. The minimum absolute atomic E-state index is 0.190. The van der Waals surface area contributed by atoms with Gasteiger partial charge in [-0.1, -0.05) is 18.2 Å². The second-order valence-corrected chi connectivity index (χ2v) is 5.80. The number of pyridine rings is 1. The Hall–Kier alpha value is -3.61. The molecule has 1 aromatic heterocycles. The van der Waals surface area contributed by atoms with Gasteiger partial charge in [-0.2, -0.15) is 0 Å². The number of hydrogen-bond acceptors (Lipinski definition) is 4. The van der Waals surface area contributed by atoms with Crippen molar-refractivity contribution in [2.45, 2.75) is 13.5 Å². The quantitative estimate of drug-likeness (QED) is 0.620. The van der Waals surface area contributed by atoms with E-state index in [2.05, 4.69) is 15.6 Å². The van der Waals surface area contributed by atoms with Crippen LogP contribution in [0.25, 0.3) is 0 Å². The van der Waals surface area contributed by atoms with E-state index in [9.17, 15) is 9.18 Å². The Bertz CT molecular complexity index is 949. The summed E-state index contributed by atoms with van der Waals surface area (Å²) in [6, 6.07) is 16.0. The van der Waals surface area contributed by atoms with Gasteiger partial charge < -0.3 is 20.1 Å². The molecule has 0 fully saturated rings. The Morgan fingerprint density at radius 3 is 2.71 bits per heavy atom. The van der Waals surface area contributed by atoms with Crippen molar-refractivity contribution in [3.05, 3.63) is 78.2 Å². The number of amides is 2. The first-order chi connectivity index (χ1) is 13.6. The van der Waals surface area contributed by atoms with Gasteiger partial charge in [0.1, 0.15) is 17.3 Å². The Morgan fingerprint density at radius 2 is 1.89 bits per heavy atom. The molecule has 0 aliphatic rings. The molecule has 0 saturated heterocycles. The van der Waals surface area contributed by atoms with Gasteiger partial charge in [0.2, 0.25) is 5.88 Å². The first kappa shape index (κ1) is 19.2. The van der Waals surface area contributed by atoms with Gasteiger partial charge in [0.15, 0.2) is 0 Å². The molecule has 28 heavy (non-hydrogen) atoms. The highest BCUT2D eigenvalue weighted by Crippen LogP contribution is 2.23. The lowest BCUT2D eigenvalue weighted by Crippen LogP contribution is -2.28. The zero-order valence-corrected chi connectivity index (χ0v) is 15.3. The maximum atomic E-state index is 13.3. The topological polar surface area (TPSA) is 72.5 Å². The van der Waals surface area contributed by atoms with Crippen molar-refractivity contribution in [3.8, 4) is 17.4 Å². The number of nitrogens with one attached hydrogen (secondary N) is 2. The summed E-state index contributed by atoms with van der Waals surface area (Å²) < 4.78 is 24.4. The zero-order chi connectivity index (χ0) is 19.8. The molecule has 0 radical (unpaired) electrons. The highest BCUT2D eigenvalue weighted by atomic mass is 19.1. The predicted molar refractivity (Wildman–Crippen MR) is 104 cm³/mol. The van der Waals surface area contributed by atoms with Crippen molar-refractivity contribution in [2.24, 2.45) is 0 Å². The third-order valence-corrected chi connectivity index (χ3v) is 3.70. The fourth-order valence-corrected chi connectivity index (χ4v) is 2.47. The average molecular weight is 381 g/mol. The molecule has 0 spiro atoms. The molecule has 0 bridgehead atoms. The van der Waals surface area contributed by atoms with Crippen LogP contribution in [-0.4, -0.2) is 17.6 Å². The number of urea groups is 1. The molecular formula is C21H20FN3O3. The van der Waals surface area contributed by atoms with Gasteiger partial charge in [-0.15, -0.1) is 0 Å². The third-order valence-electron chi connectivity index (χ3n) is 3.70. The van der Waals surface area contributed by atoms with Gasteiger partial charge in [0.25, 0.3) is 0 Å². The summed E-state index contributed by atoms with van der Waals surface area (Å²) in [7, 11) is 0. The number of carbonyl (C=O) groups is 1. The highest BCUT2D eigenvalue weighted by molar-refractivity contribution is 5.89. The number of ether oxygens (including phenoxy) is 2. The van der Waals surface area contributed by atoms with Gasteiger partial charge in [0.05, 0.1) is 6.61 Å². The molecule has 0 aliphatic carbocycles. The maximum absolute atomic E-state index is 13.3. The number of carbonyl (C=O) groups excluding carboxylic acids is 1. The molecule has 6 nitrogen and oxygen atoms in total. The van der Waals surface area contributed by atoms with E-state index in [1.165, 1.54) is 12.1 Å². The predicted octanol–water partition coefficient (Wildman–Crippen LogP) is 4.73. The summed E-state index contributed by atoms with van der Waals surface area (Å²) in [6.45, 7) is 2.63. The van der Waals surface area contributed by atoms with Crippen molar-refractivity contribution in [3.63, 3.8) is 0 Å². The maximum Gasteiger partial charge on any atom is 0.319 e. The molecule has 144 valence electrons. The molecule has 0 aliphatic heterocycles. The fourth-order valence-electron chi connectivity index (χ4n) is 2.47. The van der Waals surface area contributed by atoms with Crippen LogP contribution in [0.5, 0.6) is 17.4 Å². The molecule has 2 N–H and O–H groups in total. The third kappa shape index (κ3) is 5.44. The van der Waals surface area contributed by atoms with Gasteiger partial charge >= 0.3 is 6.03 Å². The highest BCUT2D eigenvalue weighted by Gasteiger charge is 2.09. The SMILES string of the molecule is CCOc1cccc(NC(=O)NCc2cccnc2Oc2cccc(F)c2)c1. The second-order valence-electron chi connectivity index (χ2n) is 5.80. The average Bonchev–Trinajstić information content (AvgIpc) is 2.68. The van der Waals surface area contributed by atoms with E-state index in [-0.39, 0.29) is 12.6 Å². The zero-order valence-electron chi connectivity index (χ0n) is 15.3. The van der Waals surface area contributed by atoms with Crippen LogP contribution >= 0.6 is 0 Å². The Balaban J connectivity index is 1.61.